The van der Waals surface area contributed by atoms with Crippen LogP contribution in [0.1, 0.15) is 5.56 Å². The van der Waals surface area contributed by atoms with Crippen molar-refractivity contribution in [2.24, 2.45) is 0 Å². The predicted molar refractivity (Wildman–Crippen MR) is 83.9 cm³/mol. The lowest BCUT2D eigenvalue weighted by molar-refractivity contribution is 0.487. The molecular weight excluding hydrogens is 264 g/mol. The Balaban J connectivity index is 2.38. The highest BCUT2D eigenvalue weighted by Gasteiger charge is 2.14. The summed E-state index contributed by atoms with van der Waals surface area (Å²) in [5.74, 6) is 0.131. The van der Waals surface area contributed by atoms with Crippen molar-refractivity contribution in [3.8, 4) is 5.75 Å². The van der Waals surface area contributed by atoms with E-state index in [1.54, 1.807) is 12.1 Å². The molecule has 1 aromatic heterocycles. The molecule has 0 saturated carbocycles. The van der Waals surface area contributed by atoms with Crippen LogP contribution in [0.4, 0.5) is 0 Å². The van der Waals surface area contributed by atoms with E-state index in [4.69, 9.17) is 4.42 Å². The van der Waals surface area contributed by atoms with Gasteiger partial charge in [0.15, 0.2) is 0 Å². The van der Waals surface area contributed by atoms with Gasteiger partial charge >= 0.3 is 5.63 Å². The number of phenolic OH excluding ortho intramolecular Hbond substituents is 1. The van der Waals surface area contributed by atoms with Crippen LogP contribution in [0.2, 0.25) is 0 Å². The molecule has 0 fully saturated rings. The second-order valence-corrected chi connectivity index (χ2v) is 5.26. The second kappa shape index (κ2) is 4.09. The SMILES string of the molecule is Cc1ccc2oc(=O)c3cc4ccccc4c(O)c3c2c1. The molecule has 4 aromatic rings. The van der Waals surface area contributed by atoms with Crippen LogP contribution in [0.3, 0.4) is 0 Å². The molecular formula is C18H12O3. The van der Waals surface area contributed by atoms with E-state index < -0.39 is 5.63 Å². The van der Waals surface area contributed by atoms with Crippen molar-refractivity contribution in [2.75, 3.05) is 0 Å². The number of aromatic hydroxyl groups is 1. The summed E-state index contributed by atoms with van der Waals surface area (Å²) in [6.07, 6.45) is 0. The molecule has 0 unspecified atom stereocenters. The van der Waals surface area contributed by atoms with Gasteiger partial charge < -0.3 is 9.52 Å². The van der Waals surface area contributed by atoms with Crippen LogP contribution >= 0.6 is 0 Å². The van der Waals surface area contributed by atoms with Crippen molar-refractivity contribution < 1.29 is 9.52 Å². The summed E-state index contributed by atoms with van der Waals surface area (Å²) in [4.78, 5) is 12.2. The lowest BCUT2D eigenvalue weighted by Gasteiger charge is -2.08. The Hall–Kier alpha value is -2.81. The van der Waals surface area contributed by atoms with Crippen LogP contribution in [0.25, 0.3) is 32.5 Å². The second-order valence-electron chi connectivity index (χ2n) is 5.26. The highest BCUT2D eigenvalue weighted by Crippen LogP contribution is 2.36. The molecule has 3 nitrogen and oxygen atoms in total. The lowest BCUT2D eigenvalue weighted by Crippen LogP contribution is -2.00. The van der Waals surface area contributed by atoms with Crippen LogP contribution in [-0.4, -0.2) is 5.11 Å². The maximum atomic E-state index is 12.2. The average molecular weight is 276 g/mol. The maximum Gasteiger partial charge on any atom is 0.344 e. The van der Waals surface area contributed by atoms with Gasteiger partial charge in [-0.15, -0.1) is 0 Å². The van der Waals surface area contributed by atoms with E-state index in [0.717, 1.165) is 21.7 Å². The third-order valence-corrected chi connectivity index (χ3v) is 3.85. The Labute approximate surface area is 120 Å². The van der Waals surface area contributed by atoms with Crippen molar-refractivity contribution in [1.29, 1.82) is 0 Å². The molecule has 21 heavy (non-hydrogen) atoms. The fraction of sp³-hybridized carbons (Fsp3) is 0.0556. The molecule has 0 aliphatic rings. The molecule has 1 N–H and O–H groups in total. The van der Waals surface area contributed by atoms with Crippen LogP contribution in [0, 0.1) is 6.92 Å². The standard InChI is InChI=1S/C18H12O3/c1-10-6-7-15-13(8-10)16-14(18(20)21-15)9-11-4-2-3-5-12(11)17(16)19/h2-9,19H,1H3. The number of hydrogen-bond acceptors (Lipinski definition) is 3. The zero-order chi connectivity index (χ0) is 14.6. The summed E-state index contributed by atoms with van der Waals surface area (Å²) in [5, 5.41) is 13.9. The molecule has 102 valence electrons. The van der Waals surface area contributed by atoms with Crippen LogP contribution in [0.15, 0.2) is 57.7 Å². The van der Waals surface area contributed by atoms with E-state index in [1.165, 1.54) is 0 Å². The molecule has 0 bridgehead atoms. The van der Waals surface area contributed by atoms with Crippen LogP contribution in [0.5, 0.6) is 5.75 Å². The maximum absolute atomic E-state index is 12.2. The molecule has 3 aromatic carbocycles. The van der Waals surface area contributed by atoms with Gasteiger partial charge in [0.2, 0.25) is 0 Å². The van der Waals surface area contributed by atoms with Gasteiger partial charge in [0, 0.05) is 16.2 Å². The molecule has 1 heterocycles. The Morgan fingerprint density at radius 2 is 1.76 bits per heavy atom. The zero-order valence-corrected chi connectivity index (χ0v) is 11.4. The van der Waals surface area contributed by atoms with E-state index >= 15 is 0 Å². The minimum Gasteiger partial charge on any atom is -0.507 e. The quantitative estimate of drug-likeness (QED) is 0.299. The Morgan fingerprint density at radius 1 is 0.952 bits per heavy atom. The van der Waals surface area contributed by atoms with Gasteiger partial charge in [0.1, 0.15) is 11.3 Å². The Bertz CT molecular complexity index is 1070. The first-order valence-corrected chi connectivity index (χ1v) is 6.73. The number of rotatable bonds is 0. The van der Waals surface area contributed by atoms with E-state index in [-0.39, 0.29) is 5.75 Å². The highest BCUT2D eigenvalue weighted by atomic mass is 16.4. The first-order chi connectivity index (χ1) is 10.1. The summed E-state index contributed by atoms with van der Waals surface area (Å²) in [6.45, 7) is 1.97. The van der Waals surface area contributed by atoms with Gasteiger partial charge in [-0.25, -0.2) is 4.79 Å². The number of aryl methyl sites for hydroxylation is 1. The number of phenols is 1. The van der Waals surface area contributed by atoms with E-state index in [1.807, 2.05) is 43.3 Å². The molecule has 0 aliphatic carbocycles. The molecule has 0 saturated heterocycles. The third-order valence-electron chi connectivity index (χ3n) is 3.85. The summed E-state index contributed by atoms with van der Waals surface area (Å²) >= 11 is 0. The number of hydrogen-bond donors (Lipinski definition) is 1. The van der Waals surface area contributed by atoms with Crippen molar-refractivity contribution >= 4 is 32.5 Å². The molecule has 0 radical (unpaired) electrons. The summed E-state index contributed by atoms with van der Waals surface area (Å²) < 4.78 is 5.37. The third kappa shape index (κ3) is 1.64. The monoisotopic (exact) mass is 276 g/mol. The zero-order valence-electron chi connectivity index (χ0n) is 11.4. The lowest BCUT2D eigenvalue weighted by atomic mass is 10.00. The molecule has 0 aliphatic heterocycles. The number of benzene rings is 3. The van der Waals surface area contributed by atoms with Crippen LogP contribution in [-0.2, 0) is 0 Å². The summed E-state index contributed by atoms with van der Waals surface area (Å²) in [7, 11) is 0. The van der Waals surface area contributed by atoms with Crippen molar-refractivity contribution in [1.82, 2.24) is 0 Å². The fourth-order valence-corrected chi connectivity index (χ4v) is 2.85. The molecule has 0 spiro atoms. The predicted octanol–water partition coefficient (Wildman–Crippen LogP) is 4.11. The first-order valence-electron chi connectivity index (χ1n) is 6.73. The Kier molecular flexibility index (Phi) is 2.33. The average Bonchev–Trinajstić information content (AvgIpc) is 2.48. The van der Waals surface area contributed by atoms with Gasteiger partial charge in [-0.05, 0) is 30.5 Å². The van der Waals surface area contributed by atoms with E-state index in [2.05, 4.69) is 0 Å². The van der Waals surface area contributed by atoms with Crippen LogP contribution < -0.4 is 5.63 Å². The minimum atomic E-state index is -0.428. The molecule has 4 rings (SSSR count). The van der Waals surface area contributed by atoms with Gasteiger partial charge in [0.05, 0.1) is 5.39 Å². The van der Waals surface area contributed by atoms with Gasteiger partial charge in [-0.1, -0.05) is 35.9 Å². The van der Waals surface area contributed by atoms with Crippen molar-refractivity contribution in [3.63, 3.8) is 0 Å². The summed E-state index contributed by atoms with van der Waals surface area (Å²) in [6, 6.07) is 14.8. The molecule has 0 atom stereocenters. The van der Waals surface area contributed by atoms with Crippen molar-refractivity contribution in [2.45, 2.75) is 6.92 Å². The topological polar surface area (TPSA) is 50.4 Å². The van der Waals surface area contributed by atoms with E-state index in [9.17, 15) is 9.90 Å². The molecule has 0 amide bonds. The minimum absolute atomic E-state index is 0.131. The Morgan fingerprint density at radius 3 is 2.62 bits per heavy atom. The van der Waals surface area contributed by atoms with E-state index in [0.29, 0.717) is 16.4 Å². The summed E-state index contributed by atoms with van der Waals surface area (Å²) in [5.41, 5.74) is 1.11. The smallest absolute Gasteiger partial charge is 0.344 e. The fourth-order valence-electron chi connectivity index (χ4n) is 2.85. The van der Waals surface area contributed by atoms with Gasteiger partial charge in [-0.3, -0.25) is 0 Å². The van der Waals surface area contributed by atoms with Gasteiger partial charge in [0.25, 0.3) is 0 Å². The van der Waals surface area contributed by atoms with Crippen molar-refractivity contribution in [3.05, 3.63) is 64.5 Å². The largest absolute Gasteiger partial charge is 0.507 e. The number of fused-ring (bicyclic) bond motifs is 4. The first kappa shape index (κ1) is 12.0. The highest BCUT2D eigenvalue weighted by molar-refractivity contribution is 6.14. The normalized spacial score (nSPS) is 11.5. The van der Waals surface area contributed by atoms with Gasteiger partial charge in [-0.2, -0.15) is 0 Å². The molecule has 3 heteroatoms.